The van der Waals surface area contributed by atoms with E-state index in [9.17, 15) is 13.9 Å². The Labute approximate surface area is 123 Å². The van der Waals surface area contributed by atoms with E-state index < -0.39 is 17.7 Å². The Hall–Kier alpha value is -1.78. The Morgan fingerprint density at radius 2 is 1.76 bits per heavy atom. The molecule has 2 N–H and O–H groups in total. The van der Waals surface area contributed by atoms with Crippen molar-refractivity contribution in [3.8, 4) is 0 Å². The molecule has 0 saturated carbocycles. The molecule has 0 radical (unpaired) electrons. The number of nitrogens with one attached hydrogen (secondary N) is 1. The van der Waals surface area contributed by atoms with Gasteiger partial charge in [0.15, 0.2) is 0 Å². The van der Waals surface area contributed by atoms with Crippen LogP contribution in [0.5, 0.6) is 0 Å². The van der Waals surface area contributed by atoms with Gasteiger partial charge in [0.25, 0.3) is 0 Å². The number of aryl methyl sites for hydroxylation is 1. The first kappa shape index (κ1) is 15.6. The molecule has 0 saturated heterocycles. The Balaban J connectivity index is 1.97. The molecule has 0 heterocycles. The van der Waals surface area contributed by atoms with E-state index in [1.165, 1.54) is 11.6 Å². The molecular formula is C17H19F2NO. The summed E-state index contributed by atoms with van der Waals surface area (Å²) in [6.07, 6.45) is -1.02. The van der Waals surface area contributed by atoms with E-state index in [0.29, 0.717) is 0 Å². The largest absolute Gasteiger partial charge is 0.387 e. The van der Waals surface area contributed by atoms with E-state index >= 15 is 0 Å². The summed E-state index contributed by atoms with van der Waals surface area (Å²) < 4.78 is 26.4. The second-order valence-electron chi connectivity index (χ2n) is 5.22. The van der Waals surface area contributed by atoms with E-state index in [-0.39, 0.29) is 18.2 Å². The topological polar surface area (TPSA) is 32.3 Å². The molecule has 21 heavy (non-hydrogen) atoms. The van der Waals surface area contributed by atoms with Crippen LogP contribution in [-0.4, -0.2) is 11.7 Å². The maximum atomic E-state index is 13.6. The summed E-state index contributed by atoms with van der Waals surface area (Å²) in [6, 6.07) is 11.3. The lowest BCUT2D eigenvalue weighted by Gasteiger charge is -2.18. The molecule has 0 aliphatic rings. The molecule has 2 unspecified atom stereocenters. The minimum atomic E-state index is -1.02. The first-order valence-corrected chi connectivity index (χ1v) is 6.90. The minimum absolute atomic E-state index is 0.0313. The van der Waals surface area contributed by atoms with Crippen LogP contribution in [0, 0.1) is 18.6 Å². The highest BCUT2D eigenvalue weighted by molar-refractivity contribution is 5.24. The minimum Gasteiger partial charge on any atom is -0.387 e. The molecule has 0 fully saturated rings. The lowest BCUT2D eigenvalue weighted by atomic mass is 10.1. The second kappa shape index (κ2) is 6.78. The van der Waals surface area contributed by atoms with Crippen LogP contribution in [0.2, 0.25) is 0 Å². The molecule has 0 aliphatic heterocycles. The molecule has 2 aromatic carbocycles. The van der Waals surface area contributed by atoms with E-state index in [2.05, 4.69) is 5.32 Å². The summed E-state index contributed by atoms with van der Waals surface area (Å²) in [7, 11) is 0. The van der Waals surface area contributed by atoms with Gasteiger partial charge in [-0.1, -0.05) is 35.9 Å². The van der Waals surface area contributed by atoms with Crippen LogP contribution < -0.4 is 5.32 Å². The van der Waals surface area contributed by atoms with E-state index in [4.69, 9.17) is 0 Å². The van der Waals surface area contributed by atoms with Crippen molar-refractivity contribution in [3.63, 3.8) is 0 Å². The van der Waals surface area contributed by atoms with Crippen LogP contribution in [0.4, 0.5) is 8.78 Å². The summed E-state index contributed by atoms with van der Waals surface area (Å²) in [4.78, 5) is 0. The molecule has 0 bridgehead atoms. The lowest BCUT2D eigenvalue weighted by Crippen LogP contribution is -2.25. The highest BCUT2D eigenvalue weighted by Crippen LogP contribution is 2.19. The Kier molecular flexibility index (Phi) is 5.04. The van der Waals surface area contributed by atoms with Gasteiger partial charge in [-0.3, -0.25) is 0 Å². The Morgan fingerprint density at radius 1 is 1.10 bits per heavy atom. The smallest absolute Gasteiger partial charge is 0.131 e. The van der Waals surface area contributed by atoms with Crippen molar-refractivity contribution in [2.75, 3.05) is 6.54 Å². The second-order valence-corrected chi connectivity index (χ2v) is 5.22. The van der Waals surface area contributed by atoms with Gasteiger partial charge in [0.05, 0.1) is 6.10 Å². The molecule has 2 rings (SSSR count). The average molecular weight is 291 g/mol. The standard InChI is InChI=1S/C17H19F2NO/c1-11-3-5-13(6-4-11)12(2)20-10-17(21)15-8-7-14(18)9-16(15)19/h3-9,12,17,20-21H,10H2,1-2H3. The van der Waals surface area contributed by atoms with Crippen molar-refractivity contribution in [1.29, 1.82) is 0 Å². The number of hydrogen-bond donors (Lipinski definition) is 2. The van der Waals surface area contributed by atoms with Gasteiger partial charge in [-0.15, -0.1) is 0 Å². The number of hydrogen-bond acceptors (Lipinski definition) is 2. The van der Waals surface area contributed by atoms with Crippen LogP contribution in [0.3, 0.4) is 0 Å². The monoisotopic (exact) mass is 291 g/mol. The van der Waals surface area contributed by atoms with Gasteiger partial charge in [0.1, 0.15) is 11.6 Å². The Morgan fingerprint density at radius 3 is 2.38 bits per heavy atom. The number of benzene rings is 2. The van der Waals surface area contributed by atoms with Gasteiger partial charge in [0, 0.05) is 24.2 Å². The van der Waals surface area contributed by atoms with Crippen LogP contribution in [0.1, 0.15) is 35.8 Å². The van der Waals surface area contributed by atoms with Crippen LogP contribution >= 0.6 is 0 Å². The van der Waals surface area contributed by atoms with Gasteiger partial charge < -0.3 is 10.4 Å². The van der Waals surface area contributed by atoms with Crippen LogP contribution in [-0.2, 0) is 0 Å². The fourth-order valence-corrected chi connectivity index (χ4v) is 2.14. The fourth-order valence-electron chi connectivity index (χ4n) is 2.14. The first-order valence-electron chi connectivity index (χ1n) is 6.90. The summed E-state index contributed by atoms with van der Waals surface area (Å²) in [6.45, 7) is 4.18. The molecule has 0 spiro atoms. The van der Waals surface area contributed by atoms with Crippen molar-refractivity contribution in [2.24, 2.45) is 0 Å². The lowest BCUT2D eigenvalue weighted by molar-refractivity contribution is 0.166. The third-order valence-corrected chi connectivity index (χ3v) is 3.52. The van der Waals surface area contributed by atoms with E-state index in [0.717, 1.165) is 17.7 Å². The summed E-state index contributed by atoms with van der Waals surface area (Å²) in [5.41, 5.74) is 2.37. The molecule has 0 aromatic heterocycles. The third kappa shape index (κ3) is 4.09. The molecule has 2 aromatic rings. The number of rotatable bonds is 5. The van der Waals surface area contributed by atoms with Gasteiger partial charge in [-0.05, 0) is 25.5 Å². The zero-order chi connectivity index (χ0) is 15.4. The average Bonchev–Trinajstić information content (AvgIpc) is 2.45. The van der Waals surface area contributed by atoms with Crippen molar-refractivity contribution in [2.45, 2.75) is 26.0 Å². The Bertz CT molecular complexity index is 598. The highest BCUT2D eigenvalue weighted by Gasteiger charge is 2.15. The van der Waals surface area contributed by atoms with Crippen LogP contribution in [0.15, 0.2) is 42.5 Å². The predicted octanol–water partition coefficient (Wildman–Crippen LogP) is 3.66. The normalized spacial score (nSPS) is 14.0. The van der Waals surface area contributed by atoms with Gasteiger partial charge >= 0.3 is 0 Å². The maximum Gasteiger partial charge on any atom is 0.131 e. The fraction of sp³-hybridized carbons (Fsp3) is 0.294. The SMILES string of the molecule is Cc1ccc(C(C)NCC(O)c2ccc(F)cc2F)cc1. The molecule has 2 nitrogen and oxygen atoms in total. The third-order valence-electron chi connectivity index (χ3n) is 3.52. The predicted molar refractivity (Wildman–Crippen MR) is 78.9 cm³/mol. The molecular weight excluding hydrogens is 272 g/mol. The van der Waals surface area contributed by atoms with Gasteiger partial charge in [-0.2, -0.15) is 0 Å². The number of halogens is 2. The highest BCUT2D eigenvalue weighted by atomic mass is 19.1. The molecule has 0 amide bonds. The zero-order valence-electron chi connectivity index (χ0n) is 12.1. The summed E-state index contributed by atoms with van der Waals surface area (Å²) in [5, 5.41) is 13.2. The first-order chi connectivity index (χ1) is 9.97. The van der Waals surface area contributed by atoms with Crippen molar-refractivity contribution < 1.29 is 13.9 Å². The zero-order valence-corrected chi connectivity index (χ0v) is 12.1. The summed E-state index contributed by atoms with van der Waals surface area (Å²) >= 11 is 0. The van der Waals surface area contributed by atoms with Crippen LogP contribution in [0.25, 0.3) is 0 Å². The van der Waals surface area contributed by atoms with E-state index in [1.807, 2.05) is 38.1 Å². The van der Waals surface area contributed by atoms with Gasteiger partial charge in [0.2, 0.25) is 0 Å². The molecule has 2 atom stereocenters. The van der Waals surface area contributed by atoms with Crippen molar-refractivity contribution in [3.05, 3.63) is 70.8 Å². The maximum absolute atomic E-state index is 13.6. The van der Waals surface area contributed by atoms with Gasteiger partial charge in [-0.25, -0.2) is 8.78 Å². The number of aliphatic hydroxyl groups excluding tert-OH is 1. The molecule has 4 heteroatoms. The molecule has 112 valence electrons. The quantitative estimate of drug-likeness (QED) is 0.881. The van der Waals surface area contributed by atoms with E-state index in [1.54, 1.807) is 0 Å². The summed E-state index contributed by atoms with van der Waals surface area (Å²) in [5.74, 6) is -1.38. The number of aliphatic hydroxyl groups is 1. The van der Waals surface area contributed by atoms with Crippen molar-refractivity contribution in [1.82, 2.24) is 5.32 Å². The molecule has 0 aliphatic carbocycles. The van der Waals surface area contributed by atoms with Crippen molar-refractivity contribution >= 4 is 0 Å².